The van der Waals surface area contributed by atoms with Gasteiger partial charge >= 0.3 is 5.97 Å². The molecule has 1 atom stereocenters. The van der Waals surface area contributed by atoms with Crippen molar-refractivity contribution >= 4 is 5.97 Å². The Morgan fingerprint density at radius 2 is 1.43 bits per heavy atom. The molecular formula is C32H32O3. The second-order valence-corrected chi connectivity index (χ2v) is 9.75. The van der Waals surface area contributed by atoms with Gasteiger partial charge in [0.15, 0.2) is 0 Å². The van der Waals surface area contributed by atoms with Crippen LogP contribution in [-0.2, 0) is 11.8 Å². The van der Waals surface area contributed by atoms with Gasteiger partial charge in [-0.3, -0.25) is 0 Å². The maximum Gasteiger partial charge on any atom is 0.339 e. The van der Waals surface area contributed by atoms with E-state index in [2.05, 4.69) is 43.3 Å². The summed E-state index contributed by atoms with van der Waals surface area (Å²) in [6, 6.07) is 32.3. The van der Waals surface area contributed by atoms with Gasteiger partial charge in [-0.15, -0.1) is 0 Å². The molecule has 0 aliphatic carbocycles. The van der Waals surface area contributed by atoms with Crippen LogP contribution in [0, 0.1) is 6.92 Å². The molecule has 0 saturated carbocycles. The van der Waals surface area contributed by atoms with Crippen LogP contribution >= 0.6 is 0 Å². The van der Waals surface area contributed by atoms with Crippen LogP contribution in [-0.4, -0.2) is 16.2 Å². The number of carboxylic acid groups (broad SMARTS) is 1. The summed E-state index contributed by atoms with van der Waals surface area (Å²) in [5.41, 5.74) is 5.50. The Morgan fingerprint density at radius 3 is 2.03 bits per heavy atom. The van der Waals surface area contributed by atoms with Gasteiger partial charge in [0.1, 0.15) is 11.3 Å². The van der Waals surface area contributed by atoms with Crippen molar-refractivity contribution in [2.24, 2.45) is 0 Å². The fourth-order valence-corrected chi connectivity index (χ4v) is 4.78. The van der Waals surface area contributed by atoms with E-state index in [-0.39, 0.29) is 17.2 Å². The summed E-state index contributed by atoms with van der Waals surface area (Å²) in [4.78, 5) is 12.2. The van der Waals surface area contributed by atoms with Gasteiger partial charge in [-0.25, -0.2) is 4.79 Å². The van der Waals surface area contributed by atoms with Gasteiger partial charge in [0.25, 0.3) is 0 Å². The summed E-state index contributed by atoms with van der Waals surface area (Å²) >= 11 is 0. The highest BCUT2D eigenvalue weighted by Crippen LogP contribution is 2.42. The Hall–Kier alpha value is -3.85. The van der Waals surface area contributed by atoms with E-state index in [9.17, 15) is 15.0 Å². The van der Waals surface area contributed by atoms with Crippen LogP contribution in [0.5, 0.6) is 5.75 Å². The second-order valence-electron chi connectivity index (χ2n) is 9.75. The van der Waals surface area contributed by atoms with E-state index in [0.717, 1.165) is 29.5 Å². The maximum atomic E-state index is 12.2. The Bertz CT molecular complexity index is 1290. The lowest BCUT2D eigenvalue weighted by Gasteiger charge is -2.29. The smallest absolute Gasteiger partial charge is 0.339 e. The fourth-order valence-electron chi connectivity index (χ4n) is 4.78. The predicted molar refractivity (Wildman–Crippen MR) is 141 cm³/mol. The SMILES string of the molecule is Cc1ccc(CCC(c2ccccc2)c2cc(C(=O)O)c(O)c(C(C)(C)c3ccccc3)c2)cc1. The lowest BCUT2D eigenvalue weighted by molar-refractivity contribution is 0.0693. The van der Waals surface area contributed by atoms with Crippen LogP contribution in [0.1, 0.15) is 69.9 Å². The molecule has 0 aliphatic heterocycles. The van der Waals surface area contributed by atoms with E-state index >= 15 is 0 Å². The zero-order chi connectivity index (χ0) is 25.0. The molecule has 35 heavy (non-hydrogen) atoms. The lowest BCUT2D eigenvalue weighted by Crippen LogP contribution is -2.21. The van der Waals surface area contributed by atoms with Crippen molar-refractivity contribution in [3.63, 3.8) is 0 Å². The van der Waals surface area contributed by atoms with E-state index in [1.807, 2.05) is 68.4 Å². The van der Waals surface area contributed by atoms with Gasteiger partial charge in [0.05, 0.1) is 0 Å². The Kier molecular flexibility index (Phi) is 7.07. The Morgan fingerprint density at radius 1 is 0.829 bits per heavy atom. The zero-order valence-corrected chi connectivity index (χ0v) is 20.5. The standard InChI is InChI=1S/C32H32O3/c1-22-14-16-23(17-15-22)18-19-27(24-10-6-4-7-11-24)25-20-28(31(34)35)30(33)29(21-25)32(2,3)26-12-8-5-9-13-26/h4-17,20-21,27,33H,18-19H2,1-3H3,(H,34,35). The second kappa shape index (κ2) is 10.2. The molecule has 0 radical (unpaired) electrons. The highest BCUT2D eigenvalue weighted by atomic mass is 16.4. The minimum absolute atomic E-state index is 0.0125. The summed E-state index contributed by atoms with van der Waals surface area (Å²) in [7, 11) is 0. The average Bonchev–Trinajstić information content (AvgIpc) is 2.87. The van der Waals surface area contributed by atoms with Crippen molar-refractivity contribution in [1.29, 1.82) is 0 Å². The van der Waals surface area contributed by atoms with E-state index < -0.39 is 11.4 Å². The third kappa shape index (κ3) is 5.30. The fraction of sp³-hybridized carbons (Fsp3) is 0.219. The number of aryl methyl sites for hydroxylation is 2. The first-order valence-electron chi connectivity index (χ1n) is 12.0. The summed E-state index contributed by atoms with van der Waals surface area (Å²) in [6.45, 7) is 6.13. The molecule has 0 spiro atoms. The van der Waals surface area contributed by atoms with Crippen molar-refractivity contribution in [3.05, 3.63) is 136 Å². The normalized spacial score (nSPS) is 12.3. The highest BCUT2D eigenvalue weighted by Gasteiger charge is 2.31. The molecule has 0 aliphatic rings. The number of carbonyl (C=O) groups is 1. The van der Waals surface area contributed by atoms with E-state index in [1.165, 1.54) is 11.1 Å². The first-order chi connectivity index (χ1) is 16.8. The van der Waals surface area contributed by atoms with Gasteiger partial charge in [-0.05, 0) is 48.1 Å². The molecule has 1 unspecified atom stereocenters. The van der Waals surface area contributed by atoms with E-state index in [1.54, 1.807) is 6.07 Å². The molecule has 2 N–H and O–H groups in total. The van der Waals surface area contributed by atoms with Crippen molar-refractivity contribution in [2.75, 3.05) is 0 Å². The largest absolute Gasteiger partial charge is 0.507 e. The van der Waals surface area contributed by atoms with Crippen LogP contribution < -0.4 is 0 Å². The molecule has 0 bridgehead atoms. The average molecular weight is 465 g/mol. The number of hydrogen-bond acceptors (Lipinski definition) is 2. The summed E-state index contributed by atoms with van der Waals surface area (Å²) < 4.78 is 0. The van der Waals surface area contributed by atoms with Gasteiger partial charge in [0, 0.05) is 16.9 Å². The number of carboxylic acids is 1. The summed E-state index contributed by atoms with van der Waals surface area (Å²) in [6.07, 6.45) is 1.68. The van der Waals surface area contributed by atoms with Crippen molar-refractivity contribution in [1.82, 2.24) is 0 Å². The molecule has 0 saturated heterocycles. The number of hydrogen-bond donors (Lipinski definition) is 2. The van der Waals surface area contributed by atoms with Gasteiger partial charge in [-0.1, -0.05) is 110 Å². The Balaban J connectivity index is 1.83. The maximum absolute atomic E-state index is 12.2. The third-order valence-electron chi connectivity index (χ3n) is 6.98. The minimum Gasteiger partial charge on any atom is -0.507 e. The molecule has 3 heteroatoms. The van der Waals surface area contributed by atoms with Crippen LogP contribution in [0.4, 0.5) is 0 Å². The summed E-state index contributed by atoms with van der Waals surface area (Å²) in [5, 5.41) is 21.1. The number of phenols is 1. The number of rotatable bonds is 8. The van der Waals surface area contributed by atoms with Crippen molar-refractivity contribution in [3.8, 4) is 5.75 Å². The minimum atomic E-state index is -1.13. The topological polar surface area (TPSA) is 57.5 Å². The van der Waals surface area contributed by atoms with Gasteiger partial charge < -0.3 is 10.2 Å². The van der Waals surface area contributed by atoms with Crippen molar-refractivity contribution in [2.45, 2.75) is 44.9 Å². The highest BCUT2D eigenvalue weighted by molar-refractivity contribution is 5.92. The zero-order valence-electron chi connectivity index (χ0n) is 20.5. The molecule has 0 heterocycles. The first kappa shape index (κ1) is 24.3. The van der Waals surface area contributed by atoms with Crippen LogP contribution in [0.2, 0.25) is 0 Å². The third-order valence-corrected chi connectivity index (χ3v) is 6.98. The number of aromatic carboxylic acids is 1. The monoisotopic (exact) mass is 464 g/mol. The summed E-state index contributed by atoms with van der Waals surface area (Å²) in [5.74, 6) is -1.30. The van der Waals surface area contributed by atoms with E-state index in [4.69, 9.17) is 0 Å². The van der Waals surface area contributed by atoms with Crippen LogP contribution in [0.25, 0.3) is 0 Å². The molecule has 4 aromatic carbocycles. The van der Waals surface area contributed by atoms with Crippen LogP contribution in [0.3, 0.4) is 0 Å². The molecule has 0 aromatic heterocycles. The first-order valence-corrected chi connectivity index (χ1v) is 12.0. The molecule has 178 valence electrons. The molecule has 4 aromatic rings. The predicted octanol–water partition coefficient (Wildman–Crippen LogP) is 7.49. The number of aromatic hydroxyl groups is 1. The molecule has 0 fully saturated rings. The van der Waals surface area contributed by atoms with E-state index in [0.29, 0.717) is 5.56 Å². The molecule has 4 rings (SSSR count). The van der Waals surface area contributed by atoms with Crippen molar-refractivity contribution < 1.29 is 15.0 Å². The lowest BCUT2D eigenvalue weighted by atomic mass is 9.74. The Labute approximate surface area is 207 Å². The molecule has 0 amide bonds. The van der Waals surface area contributed by atoms with Crippen LogP contribution in [0.15, 0.2) is 97.1 Å². The van der Waals surface area contributed by atoms with Gasteiger partial charge in [0.2, 0.25) is 0 Å². The number of benzene rings is 4. The molecular weight excluding hydrogens is 432 g/mol. The molecule has 3 nitrogen and oxygen atoms in total. The quantitative estimate of drug-likeness (QED) is 0.284. The van der Waals surface area contributed by atoms with Gasteiger partial charge in [-0.2, -0.15) is 0 Å².